The molecule has 1 amide bonds. The minimum atomic E-state index is -0.252. The van der Waals surface area contributed by atoms with Gasteiger partial charge in [-0.15, -0.1) is 0 Å². The molecule has 1 aliphatic heterocycles. The number of hydrogen-bond donors (Lipinski definition) is 1. The number of carbonyl (C=O) groups is 1. The van der Waals surface area contributed by atoms with Gasteiger partial charge in [-0.3, -0.25) is 9.69 Å². The molecule has 1 aromatic heterocycles. The summed E-state index contributed by atoms with van der Waals surface area (Å²) in [6.07, 6.45) is 6.84. The molecular formula is C16H26N4O3. The topological polar surface area (TPSA) is 76.6 Å². The summed E-state index contributed by atoms with van der Waals surface area (Å²) in [5, 5.41) is 2.67. The highest BCUT2D eigenvalue weighted by molar-refractivity contribution is 5.75. The fraction of sp³-hybridized carbons (Fsp3) is 0.688. The van der Waals surface area contributed by atoms with Crippen molar-refractivity contribution < 1.29 is 14.3 Å². The predicted molar refractivity (Wildman–Crippen MR) is 86.1 cm³/mol. The van der Waals surface area contributed by atoms with Gasteiger partial charge in [0, 0.05) is 51.6 Å². The third-order valence-electron chi connectivity index (χ3n) is 4.41. The molecule has 0 aromatic carbocycles. The Bertz CT molecular complexity index is 509. The molecule has 1 N–H and O–H groups in total. The number of amides is 1. The monoisotopic (exact) mass is 322 g/mol. The Morgan fingerprint density at radius 2 is 2.13 bits per heavy atom. The van der Waals surface area contributed by atoms with Crippen molar-refractivity contribution in [2.75, 3.05) is 34.4 Å². The Labute approximate surface area is 137 Å². The smallest absolute Gasteiger partial charge is 0.316 e. The number of likely N-dealkylation sites (tertiary alicyclic amines) is 1. The normalized spacial score (nSPS) is 21.9. The number of nitrogens with zero attached hydrogens (tertiary/aromatic N) is 3. The molecule has 128 valence electrons. The standard InChI is InChI=1S/C16H26N4O3/c1-17-14(21)5-7-16(23-3)6-4-8-20(12-16)11-13-9-18-15(22-2)19-10-13/h9-10H,4-8,11-12H2,1-3H3,(H,17,21)/t16-/m1/s1. The summed E-state index contributed by atoms with van der Waals surface area (Å²) in [5.41, 5.74) is 0.793. The van der Waals surface area contributed by atoms with Crippen LogP contribution in [0.3, 0.4) is 0 Å². The Hall–Kier alpha value is -1.73. The zero-order valence-electron chi connectivity index (χ0n) is 14.2. The summed E-state index contributed by atoms with van der Waals surface area (Å²) in [4.78, 5) is 22.2. The van der Waals surface area contributed by atoms with Gasteiger partial charge in [-0.1, -0.05) is 0 Å². The summed E-state index contributed by atoms with van der Waals surface area (Å²) in [5.74, 6) is 0.0575. The second-order valence-electron chi connectivity index (χ2n) is 5.95. The van der Waals surface area contributed by atoms with E-state index in [0.717, 1.165) is 44.5 Å². The highest BCUT2D eigenvalue weighted by atomic mass is 16.5. The quantitative estimate of drug-likeness (QED) is 0.807. The minimum Gasteiger partial charge on any atom is -0.467 e. The van der Waals surface area contributed by atoms with Crippen LogP contribution in [0.2, 0.25) is 0 Å². The molecule has 0 unspecified atom stereocenters. The van der Waals surface area contributed by atoms with E-state index in [1.165, 1.54) is 0 Å². The highest BCUT2D eigenvalue weighted by Gasteiger charge is 2.35. The van der Waals surface area contributed by atoms with Crippen molar-refractivity contribution in [2.45, 2.75) is 37.8 Å². The molecule has 2 rings (SSSR count). The van der Waals surface area contributed by atoms with Gasteiger partial charge >= 0.3 is 6.01 Å². The van der Waals surface area contributed by atoms with Crippen molar-refractivity contribution in [3.63, 3.8) is 0 Å². The van der Waals surface area contributed by atoms with Gasteiger partial charge in [-0.05, 0) is 25.8 Å². The molecule has 1 aromatic rings. The number of piperidine rings is 1. The molecular weight excluding hydrogens is 296 g/mol. The second kappa shape index (κ2) is 8.21. The molecule has 23 heavy (non-hydrogen) atoms. The average molecular weight is 322 g/mol. The molecule has 1 fully saturated rings. The maximum Gasteiger partial charge on any atom is 0.316 e. The molecule has 0 aliphatic carbocycles. The first-order chi connectivity index (χ1) is 11.1. The maximum absolute atomic E-state index is 11.5. The summed E-state index contributed by atoms with van der Waals surface area (Å²) in [7, 11) is 4.96. The Morgan fingerprint density at radius 3 is 2.74 bits per heavy atom. The van der Waals surface area contributed by atoms with E-state index in [0.29, 0.717) is 12.4 Å². The van der Waals surface area contributed by atoms with Crippen LogP contribution in [0.4, 0.5) is 0 Å². The highest BCUT2D eigenvalue weighted by Crippen LogP contribution is 2.30. The van der Waals surface area contributed by atoms with E-state index in [9.17, 15) is 4.79 Å². The van der Waals surface area contributed by atoms with Gasteiger partial charge in [0.2, 0.25) is 5.91 Å². The predicted octanol–water partition coefficient (Wildman–Crippen LogP) is 0.992. The fourth-order valence-corrected chi connectivity index (χ4v) is 3.05. The first-order valence-corrected chi connectivity index (χ1v) is 7.94. The van der Waals surface area contributed by atoms with Crippen LogP contribution in [0.15, 0.2) is 12.4 Å². The van der Waals surface area contributed by atoms with Crippen LogP contribution in [0.25, 0.3) is 0 Å². The lowest BCUT2D eigenvalue weighted by molar-refractivity contribution is -0.124. The third-order valence-corrected chi connectivity index (χ3v) is 4.41. The minimum absolute atomic E-state index is 0.0575. The van der Waals surface area contributed by atoms with Crippen molar-refractivity contribution in [1.29, 1.82) is 0 Å². The van der Waals surface area contributed by atoms with Gasteiger partial charge in [0.15, 0.2) is 0 Å². The molecule has 0 spiro atoms. The molecule has 1 aliphatic rings. The molecule has 2 heterocycles. The van der Waals surface area contributed by atoms with E-state index in [1.807, 2.05) is 0 Å². The average Bonchev–Trinajstić information content (AvgIpc) is 2.60. The Morgan fingerprint density at radius 1 is 1.39 bits per heavy atom. The number of nitrogens with one attached hydrogen (secondary N) is 1. The Kier molecular flexibility index (Phi) is 6.29. The van der Waals surface area contributed by atoms with Crippen LogP contribution in [-0.2, 0) is 16.1 Å². The summed E-state index contributed by atoms with van der Waals surface area (Å²) >= 11 is 0. The van der Waals surface area contributed by atoms with Crippen LogP contribution in [0.5, 0.6) is 6.01 Å². The van der Waals surface area contributed by atoms with Crippen molar-refractivity contribution in [1.82, 2.24) is 20.2 Å². The van der Waals surface area contributed by atoms with Crippen LogP contribution in [0, 0.1) is 0 Å². The van der Waals surface area contributed by atoms with Crippen LogP contribution >= 0.6 is 0 Å². The van der Waals surface area contributed by atoms with Crippen molar-refractivity contribution in [3.8, 4) is 6.01 Å². The lowest BCUT2D eigenvalue weighted by Crippen LogP contribution is -2.49. The number of methoxy groups -OCH3 is 2. The number of aromatic nitrogens is 2. The van der Waals surface area contributed by atoms with E-state index < -0.39 is 0 Å². The van der Waals surface area contributed by atoms with Gasteiger partial charge in [0.05, 0.1) is 12.7 Å². The molecule has 1 saturated heterocycles. The fourth-order valence-electron chi connectivity index (χ4n) is 3.05. The van der Waals surface area contributed by atoms with E-state index in [4.69, 9.17) is 9.47 Å². The molecule has 7 heteroatoms. The Balaban J connectivity index is 1.96. The first kappa shape index (κ1) is 17.6. The van der Waals surface area contributed by atoms with E-state index in [2.05, 4.69) is 20.2 Å². The molecule has 0 radical (unpaired) electrons. The van der Waals surface area contributed by atoms with Crippen molar-refractivity contribution in [2.24, 2.45) is 0 Å². The van der Waals surface area contributed by atoms with E-state index in [-0.39, 0.29) is 11.5 Å². The molecule has 7 nitrogen and oxygen atoms in total. The van der Waals surface area contributed by atoms with Gasteiger partial charge in [0.25, 0.3) is 0 Å². The first-order valence-electron chi connectivity index (χ1n) is 7.94. The SMILES string of the molecule is CNC(=O)CC[C@]1(OC)CCCN(Cc2cnc(OC)nc2)C1. The van der Waals surface area contributed by atoms with Crippen molar-refractivity contribution >= 4 is 5.91 Å². The van der Waals surface area contributed by atoms with Crippen LogP contribution in [-0.4, -0.2) is 60.7 Å². The lowest BCUT2D eigenvalue weighted by atomic mass is 9.87. The number of rotatable bonds is 7. The maximum atomic E-state index is 11.5. The summed E-state index contributed by atoms with van der Waals surface area (Å²) in [6, 6.07) is 0.379. The van der Waals surface area contributed by atoms with Crippen LogP contribution in [0.1, 0.15) is 31.2 Å². The largest absolute Gasteiger partial charge is 0.467 e. The molecule has 0 bridgehead atoms. The van der Waals surface area contributed by atoms with Gasteiger partial charge in [0.1, 0.15) is 0 Å². The zero-order chi connectivity index (χ0) is 16.7. The van der Waals surface area contributed by atoms with E-state index >= 15 is 0 Å². The molecule has 0 saturated carbocycles. The number of carbonyl (C=O) groups excluding carboxylic acids is 1. The summed E-state index contributed by atoms with van der Waals surface area (Å²) in [6.45, 7) is 2.60. The lowest BCUT2D eigenvalue weighted by Gasteiger charge is -2.42. The summed E-state index contributed by atoms with van der Waals surface area (Å²) < 4.78 is 10.8. The van der Waals surface area contributed by atoms with Gasteiger partial charge in [-0.2, -0.15) is 0 Å². The van der Waals surface area contributed by atoms with E-state index in [1.54, 1.807) is 33.7 Å². The number of hydrogen-bond acceptors (Lipinski definition) is 6. The van der Waals surface area contributed by atoms with Crippen molar-refractivity contribution in [3.05, 3.63) is 18.0 Å². The second-order valence-corrected chi connectivity index (χ2v) is 5.95. The van der Waals surface area contributed by atoms with Gasteiger partial charge < -0.3 is 14.8 Å². The molecule has 1 atom stereocenters. The van der Waals surface area contributed by atoms with Gasteiger partial charge in [-0.25, -0.2) is 9.97 Å². The van der Waals surface area contributed by atoms with Crippen LogP contribution < -0.4 is 10.1 Å². The number of ether oxygens (including phenoxy) is 2. The zero-order valence-corrected chi connectivity index (χ0v) is 14.2. The third kappa shape index (κ3) is 4.87.